The van der Waals surface area contributed by atoms with Crippen molar-refractivity contribution in [1.29, 1.82) is 0 Å². The molecule has 7 heteroatoms. The molecule has 36 heavy (non-hydrogen) atoms. The van der Waals surface area contributed by atoms with Crippen LogP contribution in [-0.2, 0) is 6.42 Å². The minimum absolute atomic E-state index is 0.503. The molecular weight excluding hydrogens is 512 g/mol. The zero-order chi connectivity index (χ0) is 25.2. The van der Waals surface area contributed by atoms with Crippen molar-refractivity contribution in [3.63, 3.8) is 0 Å². The van der Waals surface area contributed by atoms with Gasteiger partial charge in [-0.05, 0) is 97.0 Å². The Morgan fingerprint density at radius 2 is 1.89 bits per heavy atom. The van der Waals surface area contributed by atoms with Crippen LogP contribution in [0.2, 0.25) is 0 Å². The summed E-state index contributed by atoms with van der Waals surface area (Å²) in [5, 5.41) is 2.46. The van der Waals surface area contributed by atoms with Crippen LogP contribution in [0.1, 0.15) is 36.7 Å². The summed E-state index contributed by atoms with van der Waals surface area (Å²) in [4.78, 5) is 21.3. The number of anilines is 2. The second-order valence-corrected chi connectivity index (χ2v) is 11.1. The fourth-order valence-corrected chi connectivity index (χ4v) is 5.61. The first kappa shape index (κ1) is 24.9. The third-order valence-corrected chi connectivity index (χ3v) is 8.14. The van der Waals surface area contributed by atoms with Crippen LogP contribution in [0.25, 0.3) is 10.8 Å². The molecule has 1 aromatic carbocycles. The van der Waals surface area contributed by atoms with Gasteiger partial charge < -0.3 is 14.7 Å². The van der Waals surface area contributed by atoms with Crippen molar-refractivity contribution >= 4 is 38.2 Å². The van der Waals surface area contributed by atoms with Gasteiger partial charge in [0, 0.05) is 67.3 Å². The van der Waals surface area contributed by atoms with E-state index in [2.05, 4.69) is 85.1 Å². The number of aromatic nitrogens is 3. The lowest BCUT2D eigenvalue weighted by molar-refractivity contribution is 0.253. The largest absolute Gasteiger partial charge is 0.356 e. The average molecular weight is 548 g/mol. The molecule has 0 amide bonds. The summed E-state index contributed by atoms with van der Waals surface area (Å²) in [5.41, 5.74) is 3.23. The average Bonchev–Trinajstić information content (AvgIpc) is 3.36. The number of likely N-dealkylation sites (N-methyl/N-ethyl adjacent to an activating group) is 1. The molecule has 0 unspecified atom stereocenters. The summed E-state index contributed by atoms with van der Waals surface area (Å²) in [7, 11) is 4.25. The van der Waals surface area contributed by atoms with Gasteiger partial charge in [-0.1, -0.05) is 13.2 Å². The highest BCUT2D eigenvalue weighted by Crippen LogP contribution is 2.36. The molecule has 2 fully saturated rings. The smallest absolute Gasteiger partial charge is 0.136 e. The Hall–Kier alpha value is -2.77. The van der Waals surface area contributed by atoms with Gasteiger partial charge in [-0.2, -0.15) is 0 Å². The standard InChI is InChI=1S/C29H35BrN6/c1-5-20(2)35(4)25-6-7-26-23(15-25)16-27(22-9-11-34(3)12-10-22)33-29(26)36-13-8-21(19-36)14-28-31-17-24(30)18-32-28/h5-7,15-18,21-22H,1-2,8-14,19H2,3-4H3/t21-/m0/s1. The molecule has 0 N–H and O–H groups in total. The van der Waals surface area contributed by atoms with E-state index >= 15 is 0 Å². The maximum atomic E-state index is 5.33. The number of fused-ring (bicyclic) bond motifs is 1. The first-order valence-corrected chi connectivity index (χ1v) is 13.6. The van der Waals surface area contributed by atoms with Crippen LogP contribution in [-0.4, -0.2) is 60.1 Å². The van der Waals surface area contributed by atoms with E-state index in [0.717, 1.165) is 79.4 Å². The quantitative estimate of drug-likeness (QED) is 0.349. The molecule has 5 rings (SSSR count). The van der Waals surface area contributed by atoms with Crippen molar-refractivity contribution in [3.05, 3.63) is 77.6 Å². The monoisotopic (exact) mass is 546 g/mol. The highest BCUT2D eigenvalue weighted by Gasteiger charge is 2.28. The van der Waals surface area contributed by atoms with Crippen molar-refractivity contribution < 1.29 is 0 Å². The molecule has 3 aromatic rings. The summed E-state index contributed by atoms with van der Waals surface area (Å²) < 4.78 is 0.919. The van der Waals surface area contributed by atoms with Gasteiger partial charge >= 0.3 is 0 Å². The first-order chi connectivity index (χ1) is 17.4. The van der Waals surface area contributed by atoms with Crippen LogP contribution < -0.4 is 9.80 Å². The Balaban J connectivity index is 1.47. The number of hydrogen-bond donors (Lipinski definition) is 0. The number of pyridine rings is 1. The highest BCUT2D eigenvalue weighted by molar-refractivity contribution is 9.10. The van der Waals surface area contributed by atoms with Crippen molar-refractivity contribution in [2.45, 2.75) is 31.6 Å². The zero-order valence-electron chi connectivity index (χ0n) is 21.3. The van der Waals surface area contributed by atoms with Gasteiger partial charge in [-0.3, -0.25) is 0 Å². The van der Waals surface area contributed by atoms with Crippen LogP contribution in [0.5, 0.6) is 0 Å². The summed E-state index contributed by atoms with van der Waals surface area (Å²) >= 11 is 3.43. The Morgan fingerprint density at radius 1 is 1.14 bits per heavy atom. The van der Waals surface area contributed by atoms with Gasteiger partial charge in [0.1, 0.15) is 11.6 Å². The van der Waals surface area contributed by atoms with E-state index in [9.17, 15) is 0 Å². The predicted molar refractivity (Wildman–Crippen MR) is 153 cm³/mol. The lowest BCUT2D eigenvalue weighted by atomic mass is 9.92. The third-order valence-electron chi connectivity index (χ3n) is 7.74. The van der Waals surface area contributed by atoms with Gasteiger partial charge in [0.05, 0.1) is 4.47 Å². The number of rotatable bonds is 7. The minimum atomic E-state index is 0.503. The maximum absolute atomic E-state index is 5.33. The van der Waals surface area contributed by atoms with Crippen molar-refractivity contribution in [3.8, 4) is 0 Å². The Bertz CT molecular complexity index is 1250. The van der Waals surface area contributed by atoms with Gasteiger partial charge in [0.2, 0.25) is 0 Å². The molecule has 0 spiro atoms. The lowest BCUT2D eigenvalue weighted by Crippen LogP contribution is -2.30. The zero-order valence-corrected chi connectivity index (χ0v) is 22.9. The van der Waals surface area contributed by atoms with Crippen molar-refractivity contribution in [2.75, 3.05) is 50.1 Å². The number of piperidine rings is 1. The van der Waals surface area contributed by atoms with Crippen LogP contribution in [0.4, 0.5) is 11.5 Å². The molecule has 0 bridgehead atoms. The third kappa shape index (κ3) is 5.32. The molecular formula is C29H35BrN6. The fourth-order valence-electron chi connectivity index (χ4n) is 5.41. The summed E-state index contributed by atoms with van der Waals surface area (Å²) in [6.45, 7) is 12.3. The second-order valence-electron chi connectivity index (χ2n) is 10.2. The lowest BCUT2D eigenvalue weighted by Gasteiger charge is -2.30. The molecule has 0 radical (unpaired) electrons. The van der Waals surface area contributed by atoms with Crippen LogP contribution in [0.3, 0.4) is 0 Å². The van der Waals surface area contributed by atoms with Gasteiger partial charge in [-0.25, -0.2) is 15.0 Å². The molecule has 0 saturated carbocycles. The molecule has 6 nitrogen and oxygen atoms in total. The summed E-state index contributed by atoms with van der Waals surface area (Å²) in [6.07, 6.45) is 9.81. The summed E-state index contributed by atoms with van der Waals surface area (Å²) in [5.74, 6) is 3.07. The van der Waals surface area contributed by atoms with E-state index < -0.39 is 0 Å². The number of halogens is 1. The molecule has 2 saturated heterocycles. The van der Waals surface area contributed by atoms with Crippen LogP contribution in [0, 0.1) is 5.92 Å². The van der Waals surface area contributed by atoms with Crippen molar-refractivity contribution in [1.82, 2.24) is 19.9 Å². The van der Waals surface area contributed by atoms with E-state index in [0.29, 0.717) is 11.8 Å². The van der Waals surface area contributed by atoms with Gasteiger partial charge in [0.15, 0.2) is 0 Å². The minimum Gasteiger partial charge on any atom is -0.356 e. The molecule has 2 aliphatic heterocycles. The van der Waals surface area contributed by atoms with Crippen molar-refractivity contribution in [2.24, 2.45) is 5.92 Å². The van der Waals surface area contributed by atoms with E-state index in [4.69, 9.17) is 4.98 Å². The number of hydrogen-bond acceptors (Lipinski definition) is 6. The molecule has 2 aromatic heterocycles. The first-order valence-electron chi connectivity index (χ1n) is 12.8. The highest BCUT2D eigenvalue weighted by atomic mass is 79.9. The number of allylic oxidation sites excluding steroid dienone is 1. The SMILES string of the molecule is C=CC(=C)N(C)c1ccc2c(N3CC[C@@H](Cc4ncc(Br)cn4)C3)nc(C3CCN(C)CC3)cc2c1. The Kier molecular flexibility index (Phi) is 7.39. The van der Waals surface area contributed by atoms with Crippen LogP contribution >= 0.6 is 15.9 Å². The molecule has 2 aliphatic rings. The normalized spacial score (nSPS) is 19.1. The van der Waals surface area contributed by atoms with E-state index in [1.807, 2.05) is 19.4 Å². The van der Waals surface area contributed by atoms with Crippen LogP contribution in [0.15, 0.2) is 66.1 Å². The Labute approximate surface area is 222 Å². The topological polar surface area (TPSA) is 48.4 Å². The maximum Gasteiger partial charge on any atom is 0.136 e. The van der Waals surface area contributed by atoms with E-state index in [-0.39, 0.29) is 0 Å². The Morgan fingerprint density at radius 3 is 2.61 bits per heavy atom. The van der Waals surface area contributed by atoms with Gasteiger partial charge in [-0.15, -0.1) is 0 Å². The van der Waals surface area contributed by atoms with E-state index in [1.54, 1.807) is 6.08 Å². The molecule has 188 valence electrons. The second kappa shape index (κ2) is 10.7. The number of nitrogens with zero attached hydrogens (tertiary/aromatic N) is 6. The van der Waals surface area contributed by atoms with Gasteiger partial charge in [0.25, 0.3) is 0 Å². The van der Waals surface area contributed by atoms with E-state index in [1.165, 1.54) is 16.5 Å². The number of benzene rings is 1. The predicted octanol–water partition coefficient (Wildman–Crippen LogP) is 5.80. The summed E-state index contributed by atoms with van der Waals surface area (Å²) in [6, 6.07) is 8.99. The molecule has 0 aliphatic carbocycles. The fraction of sp³-hybridized carbons (Fsp3) is 0.414. The molecule has 1 atom stereocenters. The number of likely N-dealkylation sites (tertiary alicyclic amines) is 1. The molecule has 4 heterocycles.